The van der Waals surface area contributed by atoms with Crippen molar-refractivity contribution in [1.82, 2.24) is 0 Å². The van der Waals surface area contributed by atoms with Crippen LogP contribution in [0.5, 0.6) is 5.75 Å². The van der Waals surface area contributed by atoms with Crippen LogP contribution in [0.3, 0.4) is 0 Å². The van der Waals surface area contributed by atoms with E-state index in [0.29, 0.717) is 24.5 Å². The zero-order valence-corrected chi connectivity index (χ0v) is 11.8. The third kappa shape index (κ3) is 2.54. The fourth-order valence-corrected chi connectivity index (χ4v) is 2.62. The van der Waals surface area contributed by atoms with Crippen LogP contribution < -0.4 is 15.8 Å². The van der Waals surface area contributed by atoms with Crippen molar-refractivity contribution >= 4 is 17.3 Å². The van der Waals surface area contributed by atoms with E-state index in [1.807, 2.05) is 0 Å². The molecule has 0 saturated heterocycles. The van der Waals surface area contributed by atoms with Gasteiger partial charge in [-0.25, -0.2) is 8.78 Å². The molecule has 1 aliphatic rings. The highest BCUT2D eigenvalue weighted by atomic mass is 35.5. The summed E-state index contributed by atoms with van der Waals surface area (Å²) in [5, 5.41) is 3.24. The van der Waals surface area contributed by atoms with Crippen molar-refractivity contribution in [2.24, 2.45) is 5.73 Å². The first-order chi connectivity index (χ1) is 10.1. The summed E-state index contributed by atoms with van der Waals surface area (Å²) in [6.07, 6.45) is -0.257. The Morgan fingerprint density at radius 2 is 2.14 bits per heavy atom. The Bertz CT molecular complexity index is 673. The van der Waals surface area contributed by atoms with Crippen LogP contribution in [0, 0.1) is 11.6 Å². The van der Waals surface area contributed by atoms with Crippen LogP contribution in [0.1, 0.15) is 0 Å². The van der Waals surface area contributed by atoms with E-state index in [0.717, 1.165) is 0 Å². The number of nitrogens with one attached hydrogen (secondary N) is 1. The lowest BCUT2D eigenvalue weighted by molar-refractivity contribution is 0.214. The fourth-order valence-electron chi connectivity index (χ4n) is 2.36. The summed E-state index contributed by atoms with van der Waals surface area (Å²) in [6.45, 7) is 0.770. The zero-order valence-electron chi connectivity index (χ0n) is 11.0. The van der Waals surface area contributed by atoms with Gasteiger partial charge in [0.25, 0.3) is 0 Å². The normalized spacial score (nSPS) is 16.9. The van der Waals surface area contributed by atoms with Crippen molar-refractivity contribution in [3.05, 3.63) is 47.0 Å². The average Bonchev–Trinajstić information content (AvgIpc) is 2.46. The minimum Gasteiger partial charge on any atom is -0.484 e. The van der Waals surface area contributed by atoms with Gasteiger partial charge in [-0.3, -0.25) is 0 Å². The fraction of sp³-hybridized carbons (Fsp3) is 0.200. The molecule has 1 atom stereocenters. The Hall–Kier alpha value is -1.85. The predicted molar refractivity (Wildman–Crippen MR) is 78.8 cm³/mol. The van der Waals surface area contributed by atoms with E-state index in [1.165, 1.54) is 24.3 Å². The van der Waals surface area contributed by atoms with E-state index in [9.17, 15) is 8.78 Å². The first kappa shape index (κ1) is 14.1. The van der Waals surface area contributed by atoms with E-state index in [4.69, 9.17) is 22.1 Å². The summed E-state index contributed by atoms with van der Waals surface area (Å²) in [5.74, 6) is -0.663. The molecule has 0 aliphatic carbocycles. The molecule has 3 N–H and O–H groups in total. The molecule has 0 spiro atoms. The highest BCUT2D eigenvalue weighted by Crippen LogP contribution is 2.43. The van der Waals surface area contributed by atoms with Crippen molar-refractivity contribution in [2.45, 2.75) is 6.10 Å². The lowest BCUT2D eigenvalue weighted by atomic mass is 10.0. The second-order valence-electron chi connectivity index (χ2n) is 4.78. The number of anilines is 1. The quantitative estimate of drug-likeness (QED) is 0.893. The molecule has 0 bridgehead atoms. The Balaban J connectivity index is 2.21. The largest absolute Gasteiger partial charge is 0.484 e. The Kier molecular flexibility index (Phi) is 3.69. The maximum atomic E-state index is 14.1. The SMILES string of the molecule is NC[C@H]1CNc2cc(F)cc(-c3c(F)cccc3Cl)c2O1. The van der Waals surface area contributed by atoms with Crippen LogP contribution in [-0.2, 0) is 0 Å². The van der Waals surface area contributed by atoms with Gasteiger partial charge in [-0.15, -0.1) is 0 Å². The molecule has 1 aliphatic heterocycles. The van der Waals surface area contributed by atoms with Gasteiger partial charge < -0.3 is 15.8 Å². The molecule has 1 heterocycles. The number of hydrogen-bond acceptors (Lipinski definition) is 3. The minimum atomic E-state index is -0.534. The molecule has 2 aromatic rings. The molecule has 0 fully saturated rings. The maximum Gasteiger partial charge on any atom is 0.151 e. The first-order valence-electron chi connectivity index (χ1n) is 6.48. The van der Waals surface area contributed by atoms with E-state index in [-0.39, 0.29) is 22.3 Å². The van der Waals surface area contributed by atoms with Crippen LogP contribution in [0.4, 0.5) is 14.5 Å². The molecule has 3 nitrogen and oxygen atoms in total. The average molecular weight is 311 g/mol. The second kappa shape index (κ2) is 5.50. The first-order valence-corrected chi connectivity index (χ1v) is 6.86. The molecule has 3 rings (SSSR count). The summed E-state index contributed by atoms with van der Waals surface area (Å²) >= 11 is 6.07. The van der Waals surface area contributed by atoms with E-state index in [1.54, 1.807) is 6.07 Å². The van der Waals surface area contributed by atoms with E-state index < -0.39 is 11.6 Å². The summed E-state index contributed by atoms with van der Waals surface area (Å²) < 4.78 is 33.7. The predicted octanol–water partition coefficient (Wildman–Crippen LogP) is 3.42. The molecule has 0 saturated carbocycles. The number of rotatable bonds is 2. The highest BCUT2D eigenvalue weighted by Gasteiger charge is 2.25. The number of benzene rings is 2. The number of halogens is 3. The Morgan fingerprint density at radius 1 is 1.33 bits per heavy atom. The molecule has 0 radical (unpaired) electrons. The molecule has 2 aromatic carbocycles. The number of nitrogens with two attached hydrogens (primary N) is 1. The van der Waals surface area contributed by atoms with E-state index in [2.05, 4.69) is 5.32 Å². The van der Waals surface area contributed by atoms with E-state index >= 15 is 0 Å². The zero-order chi connectivity index (χ0) is 15.0. The summed E-state index contributed by atoms with van der Waals surface area (Å²) in [5.41, 5.74) is 6.46. The maximum absolute atomic E-state index is 14.1. The molecule has 6 heteroatoms. The monoisotopic (exact) mass is 310 g/mol. The molecule has 0 amide bonds. The lowest BCUT2D eigenvalue weighted by Crippen LogP contribution is -2.37. The summed E-state index contributed by atoms with van der Waals surface area (Å²) in [6, 6.07) is 6.84. The summed E-state index contributed by atoms with van der Waals surface area (Å²) in [4.78, 5) is 0. The molecular formula is C15H13ClF2N2O. The van der Waals surface area contributed by atoms with Crippen molar-refractivity contribution in [3.63, 3.8) is 0 Å². The van der Waals surface area contributed by atoms with Gasteiger partial charge in [0.2, 0.25) is 0 Å². The third-order valence-corrected chi connectivity index (χ3v) is 3.67. The van der Waals surface area contributed by atoms with Gasteiger partial charge in [0.15, 0.2) is 5.75 Å². The molecule has 110 valence electrons. The molecule has 0 aromatic heterocycles. The van der Waals surface area contributed by atoms with Crippen molar-refractivity contribution in [2.75, 3.05) is 18.4 Å². The Morgan fingerprint density at radius 3 is 2.86 bits per heavy atom. The van der Waals surface area contributed by atoms with Gasteiger partial charge in [-0.05, 0) is 18.2 Å². The number of ether oxygens (including phenoxy) is 1. The van der Waals surface area contributed by atoms with Crippen molar-refractivity contribution in [1.29, 1.82) is 0 Å². The smallest absolute Gasteiger partial charge is 0.151 e. The van der Waals surface area contributed by atoms with Gasteiger partial charge in [0.1, 0.15) is 17.7 Å². The van der Waals surface area contributed by atoms with Crippen LogP contribution in [0.15, 0.2) is 30.3 Å². The van der Waals surface area contributed by atoms with Gasteiger partial charge in [0.05, 0.1) is 17.3 Å². The van der Waals surface area contributed by atoms with Gasteiger partial charge in [-0.1, -0.05) is 17.7 Å². The van der Waals surface area contributed by atoms with Gasteiger partial charge in [0, 0.05) is 23.7 Å². The van der Waals surface area contributed by atoms with Crippen LogP contribution in [-0.4, -0.2) is 19.2 Å². The standard InChI is InChI=1S/C15H13ClF2N2O/c16-11-2-1-3-12(18)14(11)10-4-8(17)5-13-15(10)21-9(6-19)7-20-13/h1-5,9,20H,6-7,19H2/t9-/m0/s1. The number of hydrogen-bond donors (Lipinski definition) is 2. The van der Waals surface area contributed by atoms with Crippen LogP contribution in [0.25, 0.3) is 11.1 Å². The molecular weight excluding hydrogens is 298 g/mol. The highest BCUT2D eigenvalue weighted by molar-refractivity contribution is 6.33. The summed E-state index contributed by atoms with van der Waals surface area (Å²) in [7, 11) is 0. The van der Waals surface area contributed by atoms with Crippen molar-refractivity contribution < 1.29 is 13.5 Å². The molecule has 0 unspecified atom stereocenters. The van der Waals surface area contributed by atoms with Gasteiger partial charge >= 0.3 is 0 Å². The minimum absolute atomic E-state index is 0.120. The number of fused-ring (bicyclic) bond motifs is 1. The topological polar surface area (TPSA) is 47.3 Å². The third-order valence-electron chi connectivity index (χ3n) is 3.35. The van der Waals surface area contributed by atoms with Crippen molar-refractivity contribution in [3.8, 4) is 16.9 Å². The Labute approximate surface area is 125 Å². The van der Waals surface area contributed by atoms with Gasteiger partial charge in [-0.2, -0.15) is 0 Å². The van der Waals surface area contributed by atoms with Crippen LogP contribution >= 0.6 is 11.6 Å². The lowest BCUT2D eigenvalue weighted by Gasteiger charge is -2.28. The molecule has 21 heavy (non-hydrogen) atoms. The second-order valence-corrected chi connectivity index (χ2v) is 5.19. The van der Waals surface area contributed by atoms with Crippen LogP contribution in [0.2, 0.25) is 5.02 Å².